The van der Waals surface area contributed by atoms with Crippen molar-refractivity contribution in [3.8, 4) is 5.75 Å². The van der Waals surface area contributed by atoms with Crippen molar-refractivity contribution in [1.82, 2.24) is 0 Å². The van der Waals surface area contributed by atoms with Gasteiger partial charge in [-0.1, -0.05) is 30.3 Å². The molecule has 1 atom stereocenters. The molecule has 0 amide bonds. The number of hydrogen-bond donors (Lipinski definition) is 1. The number of hydrogen-bond acceptors (Lipinski definition) is 3. The van der Waals surface area contributed by atoms with Gasteiger partial charge < -0.3 is 10.5 Å². The molecule has 0 radical (unpaired) electrons. The van der Waals surface area contributed by atoms with Gasteiger partial charge in [-0.05, 0) is 51.0 Å². The fourth-order valence-corrected chi connectivity index (χ4v) is 3.59. The van der Waals surface area contributed by atoms with Crippen LogP contribution in [0, 0.1) is 0 Å². The summed E-state index contributed by atoms with van der Waals surface area (Å²) in [4.78, 5) is 1.13. The molecule has 0 aliphatic rings. The molecule has 0 spiro atoms. The minimum Gasteiger partial charge on any atom is -0.484 e. The van der Waals surface area contributed by atoms with Gasteiger partial charge in [-0.3, -0.25) is 0 Å². The first-order chi connectivity index (χ1) is 9.76. The smallest absolute Gasteiger partial charge is 0.145 e. The summed E-state index contributed by atoms with van der Waals surface area (Å²) in [5.41, 5.74) is 5.84. The lowest BCUT2D eigenvalue weighted by atomic mass is 10.1. The minimum atomic E-state index is -0.104. The van der Waals surface area contributed by atoms with E-state index in [2.05, 4.69) is 40.2 Å². The molecule has 0 aliphatic heterocycles. The number of thiophene rings is 1. The molecule has 3 rings (SSSR count). The van der Waals surface area contributed by atoms with Gasteiger partial charge in [0.25, 0.3) is 0 Å². The summed E-state index contributed by atoms with van der Waals surface area (Å²) in [6.07, 6.45) is -0.104. The van der Waals surface area contributed by atoms with Crippen molar-refractivity contribution >= 4 is 38.0 Å². The Balaban J connectivity index is 1.87. The predicted octanol–water partition coefficient (Wildman–Crippen LogP) is 4.74. The molecule has 102 valence electrons. The second-order valence-corrected chi connectivity index (χ2v) is 6.99. The van der Waals surface area contributed by atoms with Gasteiger partial charge >= 0.3 is 0 Å². The average Bonchev–Trinajstić information content (AvgIpc) is 2.91. The molecule has 0 fully saturated rings. The van der Waals surface area contributed by atoms with E-state index in [1.54, 1.807) is 11.3 Å². The molecule has 0 saturated carbocycles. The molecule has 1 heterocycles. The van der Waals surface area contributed by atoms with E-state index in [1.165, 1.54) is 10.8 Å². The molecule has 2 N–H and O–H groups in total. The Bertz CT molecular complexity index is 725. The molecule has 0 saturated heterocycles. The Morgan fingerprint density at radius 3 is 2.55 bits per heavy atom. The van der Waals surface area contributed by atoms with Crippen molar-refractivity contribution in [3.63, 3.8) is 0 Å². The van der Waals surface area contributed by atoms with Crippen LogP contribution in [0.5, 0.6) is 5.75 Å². The number of halogens is 1. The predicted molar refractivity (Wildman–Crippen MR) is 88.4 cm³/mol. The maximum atomic E-state index is 6.04. The van der Waals surface area contributed by atoms with E-state index < -0.39 is 0 Å². The van der Waals surface area contributed by atoms with Crippen LogP contribution in [0.3, 0.4) is 0 Å². The second-order valence-electron chi connectivity index (χ2n) is 4.49. The van der Waals surface area contributed by atoms with Crippen molar-refractivity contribution in [1.29, 1.82) is 0 Å². The Labute approximate surface area is 130 Å². The Hall–Kier alpha value is -1.36. The van der Waals surface area contributed by atoms with E-state index in [4.69, 9.17) is 10.5 Å². The van der Waals surface area contributed by atoms with E-state index in [0.717, 1.165) is 14.4 Å². The van der Waals surface area contributed by atoms with Crippen LogP contribution in [-0.2, 0) is 0 Å². The Kier molecular flexibility index (Phi) is 4.05. The first-order valence-corrected chi connectivity index (χ1v) is 7.98. The third-order valence-corrected chi connectivity index (χ3v) is 4.84. The molecule has 4 heteroatoms. The van der Waals surface area contributed by atoms with Crippen molar-refractivity contribution < 1.29 is 4.74 Å². The fourth-order valence-electron chi connectivity index (χ4n) is 2.13. The van der Waals surface area contributed by atoms with Crippen molar-refractivity contribution in [3.05, 3.63) is 63.3 Å². The Morgan fingerprint density at radius 1 is 1.05 bits per heavy atom. The van der Waals surface area contributed by atoms with Crippen LogP contribution >= 0.6 is 27.3 Å². The van der Waals surface area contributed by atoms with Crippen molar-refractivity contribution in [2.24, 2.45) is 5.73 Å². The first kappa shape index (κ1) is 13.6. The van der Waals surface area contributed by atoms with Crippen LogP contribution in [-0.4, -0.2) is 6.54 Å². The number of ether oxygens (including phenoxy) is 1. The van der Waals surface area contributed by atoms with Crippen LogP contribution in [0.15, 0.2) is 58.4 Å². The molecular weight excluding hydrogens is 334 g/mol. The van der Waals surface area contributed by atoms with Gasteiger partial charge in [0.15, 0.2) is 0 Å². The molecule has 20 heavy (non-hydrogen) atoms. The standard InChI is InChI=1S/C16H14BrNOS/c17-16-8-7-15(20-16)14(10-18)19-13-6-5-11-3-1-2-4-12(11)9-13/h1-9,14H,10,18H2. The Morgan fingerprint density at radius 2 is 1.85 bits per heavy atom. The van der Waals surface area contributed by atoms with E-state index >= 15 is 0 Å². The molecule has 1 unspecified atom stereocenters. The van der Waals surface area contributed by atoms with Crippen LogP contribution in [0.25, 0.3) is 10.8 Å². The molecule has 3 aromatic rings. The monoisotopic (exact) mass is 347 g/mol. The van der Waals surface area contributed by atoms with E-state index in [9.17, 15) is 0 Å². The molecular formula is C16H14BrNOS. The summed E-state index contributed by atoms with van der Waals surface area (Å²) in [6, 6.07) is 18.4. The zero-order valence-corrected chi connectivity index (χ0v) is 13.2. The minimum absolute atomic E-state index is 0.104. The highest BCUT2D eigenvalue weighted by molar-refractivity contribution is 9.11. The summed E-state index contributed by atoms with van der Waals surface area (Å²) in [6.45, 7) is 0.458. The summed E-state index contributed by atoms with van der Waals surface area (Å²) in [5.74, 6) is 0.851. The SMILES string of the molecule is NCC(Oc1ccc2ccccc2c1)c1ccc(Br)s1. The van der Waals surface area contributed by atoms with Gasteiger partial charge in [0, 0.05) is 11.4 Å². The summed E-state index contributed by atoms with van der Waals surface area (Å²) >= 11 is 5.12. The fraction of sp³-hybridized carbons (Fsp3) is 0.125. The summed E-state index contributed by atoms with van der Waals surface area (Å²) < 4.78 is 7.13. The second kappa shape index (κ2) is 5.95. The van der Waals surface area contributed by atoms with Gasteiger partial charge in [-0.2, -0.15) is 0 Å². The van der Waals surface area contributed by atoms with Gasteiger partial charge in [-0.25, -0.2) is 0 Å². The lowest BCUT2D eigenvalue weighted by molar-refractivity contribution is 0.218. The third-order valence-electron chi connectivity index (χ3n) is 3.12. The maximum absolute atomic E-state index is 6.04. The summed E-state index contributed by atoms with van der Waals surface area (Å²) in [7, 11) is 0. The average molecular weight is 348 g/mol. The molecule has 1 aromatic heterocycles. The topological polar surface area (TPSA) is 35.2 Å². The number of rotatable bonds is 4. The van der Waals surface area contributed by atoms with Crippen LogP contribution in [0.1, 0.15) is 11.0 Å². The normalized spacial score (nSPS) is 12.5. The molecule has 2 aromatic carbocycles. The van der Waals surface area contributed by atoms with Gasteiger partial charge in [0.2, 0.25) is 0 Å². The number of fused-ring (bicyclic) bond motifs is 1. The highest BCUT2D eigenvalue weighted by Gasteiger charge is 2.14. The highest BCUT2D eigenvalue weighted by atomic mass is 79.9. The molecule has 2 nitrogen and oxygen atoms in total. The zero-order valence-electron chi connectivity index (χ0n) is 10.8. The van der Waals surface area contributed by atoms with Crippen molar-refractivity contribution in [2.75, 3.05) is 6.54 Å². The van der Waals surface area contributed by atoms with E-state index in [1.807, 2.05) is 30.3 Å². The van der Waals surface area contributed by atoms with Crippen LogP contribution in [0.4, 0.5) is 0 Å². The quantitative estimate of drug-likeness (QED) is 0.739. The van der Waals surface area contributed by atoms with Crippen LogP contribution < -0.4 is 10.5 Å². The lowest BCUT2D eigenvalue weighted by Crippen LogP contribution is -2.17. The number of nitrogens with two attached hydrogens (primary N) is 1. The van der Waals surface area contributed by atoms with Gasteiger partial charge in [0.05, 0.1) is 3.79 Å². The van der Waals surface area contributed by atoms with Crippen molar-refractivity contribution in [2.45, 2.75) is 6.10 Å². The lowest BCUT2D eigenvalue weighted by Gasteiger charge is -2.16. The molecule has 0 bridgehead atoms. The van der Waals surface area contributed by atoms with E-state index in [0.29, 0.717) is 6.54 Å². The summed E-state index contributed by atoms with van der Waals surface area (Å²) in [5, 5.41) is 2.39. The largest absolute Gasteiger partial charge is 0.484 e. The zero-order chi connectivity index (χ0) is 13.9. The number of benzene rings is 2. The van der Waals surface area contributed by atoms with E-state index in [-0.39, 0.29) is 6.10 Å². The van der Waals surface area contributed by atoms with Crippen LogP contribution in [0.2, 0.25) is 0 Å². The van der Waals surface area contributed by atoms with Gasteiger partial charge in [-0.15, -0.1) is 11.3 Å². The highest BCUT2D eigenvalue weighted by Crippen LogP contribution is 2.31. The molecule has 0 aliphatic carbocycles. The third kappa shape index (κ3) is 2.87. The first-order valence-electron chi connectivity index (χ1n) is 6.37. The maximum Gasteiger partial charge on any atom is 0.145 e. The van der Waals surface area contributed by atoms with Gasteiger partial charge in [0.1, 0.15) is 11.9 Å².